The van der Waals surface area contributed by atoms with Crippen molar-refractivity contribution < 1.29 is 9.53 Å². The molecule has 0 saturated heterocycles. The summed E-state index contributed by atoms with van der Waals surface area (Å²) in [6.07, 6.45) is 8.81. The molecule has 0 radical (unpaired) electrons. The van der Waals surface area contributed by atoms with E-state index in [2.05, 4.69) is 11.6 Å². The molecule has 3 nitrogen and oxygen atoms in total. The van der Waals surface area contributed by atoms with Crippen LogP contribution in [0.25, 0.3) is 6.08 Å². The number of carbonyl (C=O) groups excluding carboxylic acids is 1. The molecule has 0 spiro atoms. The largest absolute Gasteiger partial charge is 0.426 e. The SMILES string of the molecule is C=C(/C=C/c1cccnc1)/C(=C\C)OC(C)=O. The van der Waals surface area contributed by atoms with Gasteiger partial charge in [-0.1, -0.05) is 24.8 Å². The molecule has 0 aliphatic carbocycles. The van der Waals surface area contributed by atoms with Crippen molar-refractivity contribution in [3.63, 3.8) is 0 Å². The molecule has 0 N–H and O–H groups in total. The lowest BCUT2D eigenvalue weighted by Gasteiger charge is -2.05. The van der Waals surface area contributed by atoms with Crippen LogP contribution >= 0.6 is 0 Å². The van der Waals surface area contributed by atoms with Gasteiger partial charge in [-0.25, -0.2) is 0 Å². The van der Waals surface area contributed by atoms with Crippen LogP contribution in [0.1, 0.15) is 19.4 Å². The van der Waals surface area contributed by atoms with E-state index in [-0.39, 0.29) is 5.97 Å². The number of esters is 1. The van der Waals surface area contributed by atoms with E-state index in [1.807, 2.05) is 18.2 Å². The average Bonchev–Trinajstić information content (AvgIpc) is 2.34. The summed E-state index contributed by atoms with van der Waals surface area (Å²) < 4.78 is 5.01. The van der Waals surface area contributed by atoms with E-state index in [9.17, 15) is 4.79 Å². The van der Waals surface area contributed by atoms with Gasteiger partial charge in [-0.15, -0.1) is 0 Å². The summed E-state index contributed by atoms with van der Waals surface area (Å²) in [5.74, 6) is 0.117. The zero-order valence-corrected chi connectivity index (χ0v) is 10.0. The van der Waals surface area contributed by atoms with Crippen molar-refractivity contribution in [3.05, 3.63) is 60.2 Å². The van der Waals surface area contributed by atoms with Crippen molar-refractivity contribution in [2.24, 2.45) is 0 Å². The van der Waals surface area contributed by atoms with Crippen LogP contribution in [0.3, 0.4) is 0 Å². The van der Waals surface area contributed by atoms with Crippen LogP contribution in [0.15, 0.2) is 54.6 Å². The first-order valence-electron chi connectivity index (χ1n) is 5.25. The first-order valence-corrected chi connectivity index (χ1v) is 5.25. The lowest BCUT2D eigenvalue weighted by atomic mass is 10.2. The monoisotopic (exact) mass is 229 g/mol. The standard InChI is InChI=1S/C14H15NO2/c1-4-14(17-12(3)16)11(2)7-8-13-6-5-9-15-10-13/h4-10H,2H2,1,3H3/b8-7+,14-4+. The van der Waals surface area contributed by atoms with Gasteiger partial charge in [0, 0.05) is 24.9 Å². The van der Waals surface area contributed by atoms with E-state index in [0.717, 1.165) is 5.56 Å². The molecule has 0 unspecified atom stereocenters. The Balaban J connectivity index is 2.72. The number of ether oxygens (including phenoxy) is 1. The third kappa shape index (κ3) is 4.47. The molecule has 1 heterocycles. The maximum atomic E-state index is 10.9. The van der Waals surface area contributed by atoms with Crippen LogP contribution in [0.5, 0.6) is 0 Å². The number of nitrogens with zero attached hydrogens (tertiary/aromatic N) is 1. The fourth-order valence-electron chi connectivity index (χ4n) is 1.22. The first kappa shape index (κ1) is 12.9. The number of rotatable bonds is 4. The summed E-state index contributed by atoms with van der Waals surface area (Å²) in [6.45, 7) is 7.00. The van der Waals surface area contributed by atoms with Gasteiger partial charge < -0.3 is 4.74 Å². The lowest BCUT2D eigenvalue weighted by Crippen LogP contribution is -1.99. The molecule has 0 aromatic carbocycles. The molecule has 0 aliphatic rings. The van der Waals surface area contributed by atoms with Crippen molar-refractivity contribution in [3.8, 4) is 0 Å². The van der Waals surface area contributed by atoms with E-state index >= 15 is 0 Å². The van der Waals surface area contributed by atoms with Gasteiger partial charge in [0.15, 0.2) is 0 Å². The Morgan fingerprint density at radius 1 is 1.53 bits per heavy atom. The molecule has 0 bridgehead atoms. The Labute approximate surface area is 101 Å². The van der Waals surface area contributed by atoms with Crippen molar-refractivity contribution >= 4 is 12.0 Å². The third-order valence-corrected chi connectivity index (χ3v) is 1.99. The maximum absolute atomic E-state index is 10.9. The maximum Gasteiger partial charge on any atom is 0.308 e. The molecule has 0 aliphatic heterocycles. The van der Waals surface area contributed by atoms with E-state index in [1.54, 1.807) is 31.5 Å². The highest BCUT2D eigenvalue weighted by molar-refractivity contribution is 5.68. The van der Waals surface area contributed by atoms with Gasteiger partial charge in [-0.05, 0) is 24.6 Å². The van der Waals surface area contributed by atoms with Crippen molar-refractivity contribution in [1.29, 1.82) is 0 Å². The van der Waals surface area contributed by atoms with E-state index in [1.165, 1.54) is 6.92 Å². The van der Waals surface area contributed by atoms with Gasteiger partial charge in [-0.3, -0.25) is 9.78 Å². The van der Waals surface area contributed by atoms with Crippen LogP contribution in [-0.4, -0.2) is 11.0 Å². The van der Waals surface area contributed by atoms with Gasteiger partial charge in [0.25, 0.3) is 0 Å². The van der Waals surface area contributed by atoms with Crippen LogP contribution in [-0.2, 0) is 9.53 Å². The molecular weight excluding hydrogens is 214 g/mol. The summed E-state index contributed by atoms with van der Waals surface area (Å²) in [4.78, 5) is 14.8. The topological polar surface area (TPSA) is 39.2 Å². The van der Waals surface area contributed by atoms with Gasteiger partial charge in [-0.2, -0.15) is 0 Å². The number of hydrogen-bond donors (Lipinski definition) is 0. The minimum absolute atomic E-state index is 0.353. The summed E-state index contributed by atoms with van der Waals surface area (Å²) in [7, 11) is 0. The Hall–Kier alpha value is -2.16. The quantitative estimate of drug-likeness (QED) is 0.452. The zero-order valence-electron chi connectivity index (χ0n) is 10.0. The fourth-order valence-corrected chi connectivity index (χ4v) is 1.22. The van der Waals surface area contributed by atoms with E-state index in [0.29, 0.717) is 11.3 Å². The molecule has 0 fully saturated rings. The second kappa shape index (κ2) is 6.43. The number of carbonyl (C=O) groups is 1. The predicted molar refractivity (Wildman–Crippen MR) is 67.9 cm³/mol. The number of aromatic nitrogens is 1. The highest BCUT2D eigenvalue weighted by Crippen LogP contribution is 2.13. The molecule has 1 rings (SSSR count). The molecule has 1 aromatic heterocycles. The molecule has 0 saturated carbocycles. The molecule has 3 heteroatoms. The summed E-state index contributed by atoms with van der Waals surface area (Å²) in [6, 6.07) is 3.78. The highest BCUT2D eigenvalue weighted by atomic mass is 16.5. The van der Waals surface area contributed by atoms with Crippen molar-refractivity contribution in [2.75, 3.05) is 0 Å². The molecule has 1 aromatic rings. The van der Waals surface area contributed by atoms with Crippen LogP contribution in [0.4, 0.5) is 0 Å². The first-order chi connectivity index (χ1) is 8.13. The Morgan fingerprint density at radius 2 is 2.29 bits per heavy atom. The van der Waals surface area contributed by atoms with Crippen LogP contribution in [0.2, 0.25) is 0 Å². The molecule has 17 heavy (non-hydrogen) atoms. The second-order valence-corrected chi connectivity index (χ2v) is 3.39. The number of allylic oxidation sites excluding steroid dienone is 2. The van der Waals surface area contributed by atoms with E-state index in [4.69, 9.17) is 4.74 Å². The number of hydrogen-bond acceptors (Lipinski definition) is 3. The second-order valence-electron chi connectivity index (χ2n) is 3.39. The highest BCUT2D eigenvalue weighted by Gasteiger charge is 2.02. The minimum Gasteiger partial charge on any atom is -0.426 e. The van der Waals surface area contributed by atoms with Crippen LogP contribution in [0, 0.1) is 0 Å². The Kier molecular flexibility index (Phi) is 4.88. The molecule has 0 atom stereocenters. The molecule has 88 valence electrons. The van der Waals surface area contributed by atoms with Crippen molar-refractivity contribution in [1.82, 2.24) is 4.98 Å². The normalized spacial score (nSPS) is 11.5. The molecule has 0 amide bonds. The predicted octanol–water partition coefficient (Wildman–Crippen LogP) is 3.12. The lowest BCUT2D eigenvalue weighted by molar-refractivity contribution is -0.136. The smallest absolute Gasteiger partial charge is 0.308 e. The van der Waals surface area contributed by atoms with Gasteiger partial charge in [0.05, 0.1) is 0 Å². The van der Waals surface area contributed by atoms with Gasteiger partial charge >= 0.3 is 5.97 Å². The van der Waals surface area contributed by atoms with E-state index < -0.39 is 0 Å². The van der Waals surface area contributed by atoms with Gasteiger partial charge in [0.2, 0.25) is 0 Å². The van der Waals surface area contributed by atoms with Crippen LogP contribution < -0.4 is 0 Å². The summed E-state index contributed by atoms with van der Waals surface area (Å²) in [5, 5.41) is 0. The summed E-state index contributed by atoms with van der Waals surface area (Å²) in [5.41, 5.74) is 1.61. The zero-order chi connectivity index (χ0) is 12.7. The Bertz CT molecular complexity index is 458. The third-order valence-electron chi connectivity index (χ3n) is 1.99. The summed E-state index contributed by atoms with van der Waals surface area (Å²) >= 11 is 0. The fraction of sp³-hybridized carbons (Fsp3) is 0.143. The van der Waals surface area contributed by atoms with Gasteiger partial charge in [0.1, 0.15) is 5.76 Å². The minimum atomic E-state index is -0.353. The number of pyridine rings is 1. The van der Waals surface area contributed by atoms with Crippen molar-refractivity contribution in [2.45, 2.75) is 13.8 Å². The average molecular weight is 229 g/mol. The molecular formula is C14H15NO2. The Morgan fingerprint density at radius 3 is 2.82 bits per heavy atom.